The van der Waals surface area contributed by atoms with Crippen LogP contribution in [0.4, 0.5) is 16.0 Å². The van der Waals surface area contributed by atoms with Crippen LogP contribution in [-0.2, 0) is 6.54 Å². The molecule has 2 aliphatic rings. The average molecular weight is 389 g/mol. The number of pyridine rings is 2. The Labute approximate surface area is 165 Å². The molecule has 0 unspecified atom stereocenters. The van der Waals surface area contributed by atoms with Gasteiger partial charge in [0.2, 0.25) is 0 Å². The van der Waals surface area contributed by atoms with Gasteiger partial charge >= 0.3 is 0 Å². The molecule has 0 spiro atoms. The van der Waals surface area contributed by atoms with Crippen LogP contribution in [0.3, 0.4) is 0 Å². The van der Waals surface area contributed by atoms with Crippen molar-refractivity contribution >= 4 is 17.5 Å². The molecule has 1 saturated heterocycles. The number of aromatic nitrogens is 4. The number of carbonyl (C=O) groups is 1. The Morgan fingerprint density at radius 3 is 2.79 bits per heavy atom. The second kappa shape index (κ2) is 6.67. The molecular weight excluding hydrogens is 373 g/mol. The van der Waals surface area contributed by atoms with Crippen LogP contribution in [0.15, 0.2) is 42.7 Å². The largest absolute Gasteiger partial charge is 0.354 e. The highest BCUT2D eigenvalue weighted by Crippen LogP contribution is 2.27. The highest BCUT2D eigenvalue weighted by Gasteiger charge is 2.33. The van der Waals surface area contributed by atoms with Crippen molar-refractivity contribution in [2.45, 2.75) is 19.1 Å². The van der Waals surface area contributed by atoms with E-state index in [0.717, 1.165) is 11.5 Å². The predicted octanol–water partition coefficient (Wildman–Crippen LogP) is 2.24. The van der Waals surface area contributed by atoms with Gasteiger partial charge < -0.3 is 4.90 Å². The summed E-state index contributed by atoms with van der Waals surface area (Å²) in [5.41, 5.74) is 2.12. The molecule has 0 aromatic carbocycles. The number of hydrogen-bond acceptors (Lipinski definition) is 6. The third-order valence-corrected chi connectivity index (χ3v) is 5.15. The van der Waals surface area contributed by atoms with Gasteiger partial charge in [0.15, 0.2) is 0 Å². The van der Waals surface area contributed by atoms with E-state index in [4.69, 9.17) is 5.26 Å². The molecule has 0 radical (unpaired) electrons. The van der Waals surface area contributed by atoms with Gasteiger partial charge in [-0.25, -0.2) is 19.0 Å². The smallest absolute Gasteiger partial charge is 0.263 e. The lowest BCUT2D eigenvalue weighted by Crippen LogP contribution is -2.25. The molecule has 1 fully saturated rings. The number of fused-ring (bicyclic) bond motifs is 1. The number of rotatable bonds is 3. The zero-order chi connectivity index (χ0) is 20.0. The highest BCUT2D eigenvalue weighted by molar-refractivity contribution is 6.09. The topological polar surface area (TPSA) is 90.9 Å². The quantitative estimate of drug-likeness (QED) is 0.682. The van der Waals surface area contributed by atoms with Crippen molar-refractivity contribution in [3.63, 3.8) is 0 Å². The summed E-state index contributed by atoms with van der Waals surface area (Å²) in [4.78, 5) is 24.8. The zero-order valence-electron chi connectivity index (χ0n) is 15.4. The molecule has 0 N–H and O–H groups in total. The summed E-state index contributed by atoms with van der Waals surface area (Å²) in [5.74, 6) is 0.963. The normalized spacial score (nSPS) is 18.2. The lowest BCUT2D eigenvalue weighted by atomic mass is 10.3. The van der Waals surface area contributed by atoms with Crippen molar-refractivity contribution in [2.24, 2.45) is 0 Å². The van der Waals surface area contributed by atoms with E-state index in [2.05, 4.69) is 15.1 Å². The molecule has 0 bridgehead atoms. The van der Waals surface area contributed by atoms with Crippen molar-refractivity contribution in [1.82, 2.24) is 19.7 Å². The Kier molecular flexibility index (Phi) is 3.98. The monoisotopic (exact) mass is 389 g/mol. The van der Waals surface area contributed by atoms with Crippen LogP contribution in [0.1, 0.15) is 28.2 Å². The Morgan fingerprint density at radius 1 is 1.21 bits per heavy atom. The predicted molar refractivity (Wildman–Crippen MR) is 103 cm³/mol. The number of nitriles is 1. The average Bonchev–Trinajstić information content (AvgIpc) is 3.44. The van der Waals surface area contributed by atoms with Crippen LogP contribution in [0.2, 0.25) is 0 Å². The molecule has 144 valence electrons. The zero-order valence-corrected chi connectivity index (χ0v) is 15.4. The summed E-state index contributed by atoms with van der Waals surface area (Å²) >= 11 is 0. The van der Waals surface area contributed by atoms with Crippen molar-refractivity contribution in [3.8, 4) is 11.8 Å². The van der Waals surface area contributed by atoms with Crippen LogP contribution in [0, 0.1) is 11.3 Å². The fourth-order valence-electron chi connectivity index (χ4n) is 3.65. The second-order valence-electron chi connectivity index (χ2n) is 7.02. The lowest BCUT2D eigenvalue weighted by molar-refractivity contribution is 0.0995. The molecule has 3 aromatic heterocycles. The first-order chi connectivity index (χ1) is 14.1. The Morgan fingerprint density at radius 2 is 2.10 bits per heavy atom. The standard InChI is InChI=1S/C20H16FN7O/c21-13-6-7-26(10-13)18-5-4-15(9-23-18)28-11-16-17(25-28)12-27(20(16)29)19-3-1-2-14(8-22)24-19/h1-5,9,11,13H,6-7,10,12H2/t13-/m0/s1. The number of halogens is 1. The maximum Gasteiger partial charge on any atom is 0.263 e. The number of nitrogens with zero attached hydrogens (tertiary/aromatic N) is 7. The minimum atomic E-state index is -0.803. The second-order valence-corrected chi connectivity index (χ2v) is 7.02. The van der Waals surface area contributed by atoms with E-state index in [9.17, 15) is 9.18 Å². The number of carbonyl (C=O) groups excluding carboxylic acids is 1. The van der Waals surface area contributed by atoms with Gasteiger partial charge in [0.05, 0.1) is 36.2 Å². The molecule has 5 rings (SSSR count). The minimum absolute atomic E-state index is 0.204. The highest BCUT2D eigenvalue weighted by atomic mass is 19.1. The van der Waals surface area contributed by atoms with E-state index in [-0.39, 0.29) is 11.6 Å². The summed E-state index contributed by atoms with van der Waals surface area (Å²) in [7, 11) is 0. The van der Waals surface area contributed by atoms with E-state index >= 15 is 0 Å². The van der Waals surface area contributed by atoms with Gasteiger partial charge in [-0.3, -0.25) is 9.69 Å². The van der Waals surface area contributed by atoms with Gasteiger partial charge in [-0.2, -0.15) is 10.4 Å². The molecule has 3 aromatic rings. The summed E-state index contributed by atoms with van der Waals surface area (Å²) < 4.78 is 15.0. The SMILES string of the molecule is N#Cc1cccc(N2Cc3nn(-c4ccc(N5CC[C@H](F)C5)nc4)cc3C2=O)n1. The molecule has 9 heteroatoms. The van der Waals surface area contributed by atoms with Crippen LogP contribution in [-0.4, -0.2) is 44.9 Å². The van der Waals surface area contributed by atoms with E-state index in [1.54, 1.807) is 35.3 Å². The summed E-state index contributed by atoms with van der Waals surface area (Å²) in [6.07, 6.45) is 3.07. The van der Waals surface area contributed by atoms with E-state index < -0.39 is 6.17 Å². The van der Waals surface area contributed by atoms with Gasteiger partial charge in [0.25, 0.3) is 5.91 Å². The first-order valence-electron chi connectivity index (χ1n) is 9.25. The van der Waals surface area contributed by atoms with E-state index in [1.807, 2.05) is 23.1 Å². The van der Waals surface area contributed by atoms with Crippen molar-refractivity contribution in [1.29, 1.82) is 5.26 Å². The van der Waals surface area contributed by atoms with Gasteiger partial charge in [-0.1, -0.05) is 6.07 Å². The Balaban J connectivity index is 1.37. The molecule has 2 aliphatic heterocycles. The first-order valence-corrected chi connectivity index (χ1v) is 9.25. The summed E-state index contributed by atoms with van der Waals surface area (Å²) in [5, 5.41) is 13.5. The Bertz CT molecular complexity index is 1130. The van der Waals surface area contributed by atoms with Crippen molar-refractivity contribution in [2.75, 3.05) is 22.9 Å². The molecular formula is C20H16FN7O. The van der Waals surface area contributed by atoms with Gasteiger partial charge in [0, 0.05) is 12.7 Å². The van der Waals surface area contributed by atoms with Crippen molar-refractivity contribution < 1.29 is 9.18 Å². The third kappa shape index (κ3) is 2.99. The molecule has 29 heavy (non-hydrogen) atoms. The van der Waals surface area contributed by atoms with Crippen LogP contribution < -0.4 is 9.80 Å². The molecule has 8 nitrogen and oxygen atoms in total. The Hall–Kier alpha value is -3.80. The van der Waals surface area contributed by atoms with Crippen LogP contribution >= 0.6 is 0 Å². The lowest BCUT2D eigenvalue weighted by Gasteiger charge is -2.16. The van der Waals surface area contributed by atoms with E-state index in [1.165, 1.54) is 4.90 Å². The summed E-state index contributed by atoms with van der Waals surface area (Å²) in [6.45, 7) is 1.32. The maximum atomic E-state index is 13.4. The van der Waals surface area contributed by atoms with Crippen LogP contribution in [0.25, 0.3) is 5.69 Å². The van der Waals surface area contributed by atoms with Gasteiger partial charge in [-0.15, -0.1) is 0 Å². The third-order valence-electron chi connectivity index (χ3n) is 5.15. The van der Waals surface area contributed by atoms with Gasteiger partial charge in [-0.05, 0) is 30.7 Å². The fourth-order valence-corrected chi connectivity index (χ4v) is 3.65. The molecule has 0 aliphatic carbocycles. The number of hydrogen-bond donors (Lipinski definition) is 0. The molecule has 1 amide bonds. The molecule has 5 heterocycles. The van der Waals surface area contributed by atoms with Crippen molar-refractivity contribution in [3.05, 3.63) is 59.7 Å². The number of amides is 1. The fraction of sp³-hybridized carbons (Fsp3) is 0.250. The molecule has 0 saturated carbocycles. The van der Waals surface area contributed by atoms with Crippen LogP contribution in [0.5, 0.6) is 0 Å². The maximum absolute atomic E-state index is 13.4. The summed E-state index contributed by atoms with van der Waals surface area (Å²) in [6, 6.07) is 10.7. The molecule has 1 atom stereocenters. The first kappa shape index (κ1) is 17.3. The van der Waals surface area contributed by atoms with E-state index in [0.29, 0.717) is 43.1 Å². The minimum Gasteiger partial charge on any atom is -0.354 e. The van der Waals surface area contributed by atoms with Gasteiger partial charge in [0.1, 0.15) is 29.6 Å². The number of anilines is 2. The number of alkyl halides is 1.